The van der Waals surface area contributed by atoms with Gasteiger partial charge in [-0.15, -0.1) is 10.2 Å². The molecule has 0 amide bonds. The Hall–Kier alpha value is -0.820. The van der Waals surface area contributed by atoms with E-state index in [2.05, 4.69) is 10.2 Å². The molecule has 4 nitrogen and oxygen atoms in total. The van der Waals surface area contributed by atoms with Crippen molar-refractivity contribution < 1.29 is 9.53 Å². The normalized spacial score (nSPS) is 10.5. The highest BCUT2D eigenvalue weighted by Crippen LogP contribution is 2.33. The molecule has 0 radical (unpaired) electrons. The van der Waals surface area contributed by atoms with Crippen LogP contribution in [-0.2, 0) is 4.74 Å². The van der Waals surface area contributed by atoms with Crippen molar-refractivity contribution in [2.24, 2.45) is 0 Å². The van der Waals surface area contributed by atoms with E-state index >= 15 is 0 Å². The van der Waals surface area contributed by atoms with Crippen LogP contribution in [0.25, 0.3) is 0 Å². The smallest absolute Gasteiger partial charge is 0.369 e. The first-order valence-corrected chi connectivity index (χ1v) is 7.62. The van der Waals surface area contributed by atoms with Crippen LogP contribution in [-0.4, -0.2) is 22.8 Å². The number of aromatic nitrogens is 2. The lowest BCUT2D eigenvalue weighted by molar-refractivity contribution is 0.0525. The number of carbonyl (C=O) groups is 1. The number of hydrogen-bond donors (Lipinski definition) is 0. The molecule has 2 aromatic rings. The highest BCUT2D eigenvalue weighted by atomic mass is 35.5. The highest BCUT2D eigenvalue weighted by Gasteiger charge is 2.14. The number of halogens is 2. The van der Waals surface area contributed by atoms with Crippen LogP contribution in [0.4, 0.5) is 0 Å². The molecule has 0 atom stereocenters. The fourth-order valence-corrected chi connectivity index (χ4v) is 3.29. The van der Waals surface area contributed by atoms with Crippen molar-refractivity contribution in [2.75, 3.05) is 6.61 Å². The first-order chi connectivity index (χ1) is 9.10. The van der Waals surface area contributed by atoms with E-state index in [0.717, 1.165) is 4.90 Å². The van der Waals surface area contributed by atoms with Crippen LogP contribution in [0.3, 0.4) is 0 Å². The van der Waals surface area contributed by atoms with Crippen LogP contribution in [0.5, 0.6) is 0 Å². The molecule has 0 fully saturated rings. The van der Waals surface area contributed by atoms with Crippen molar-refractivity contribution in [1.29, 1.82) is 0 Å². The van der Waals surface area contributed by atoms with E-state index in [9.17, 15) is 4.79 Å². The van der Waals surface area contributed by atoms with Gasteiger partial charge < -0.3 is 4.74 Å². The fraction of sp³-hybridized carbons (Fsp3) is 0.182. The second kappa shape index (κ2) is 6.56. The zero-order valence-corrected chi connectivity index (χ0v) is 12.9. The van der Waals surface area contributed by atoms with Crippen LogP contribution in [0.15, 0.2) is 27.4 Å². The van der Waals surface area contributed by atoms with Gasteiger partial charge >= 0.3 is 5.97 Å². The minimum atomic E-state index is -0.457. The average Bonchev–Trinajstić information content (AvgIpc) is 2.83. The van der Waals surface area contributed by atoms with E-state index in [1.807, 2.05) is 6.07 Å². The largest absolute Gasteiger partial charge is 0.461 e. The molecule has 0 saturated carbocycles. The predicted octanol–water partition coefficient (Wildman–Crippen LogP) is 4.17. The molecule has 100 valence electrons. The Bertz CT molecular complexity index is 604. The molecular weight excluding hydrogens is 327 g/mol. The molecule has 0 N–H and O–H groups in total. The third kappa shape index (κ3) is 3.82. The first-order valence-electron chi connectivity index (χ1n) is 5.23. The van der Waals surface area contributed by atoms with Gasteiger partial charge in [-0.3, -0.25) is 0 Å². The molecule has 0 aliphatic carbocycles. The van der Waals surface area contributed by atoms with Gasteiger partial charge in [0.25, 0.3) is 0 Å². The number of nitrogens with zero attached hydrogens (tertiary/aromatic N) is 2. The van der Waals surface area contributed by atoms with Gasteiger partial charge in [-0.1, -0.05) is 46.3 Å². The van der Waals surface area contributed by atoms with Gasteiger partial charge in [0.2, 0.25) is 5.01 Å². The minimum Gasteiger partial charge on any atom is -0.461 e. The van der Waals surface area contributed by atoms with E-state index < -0.39 is 5.97 Å². The quantitative estimate of drug-likeness (QED) is 0.785. The van der Waals surface area contributed by atoms with Crippen LogP contribution in [0, 0.1) is 0 Å². The van der Waals surface area contributed by atoms with Crippen molar-refractivity contribution in [1.82, 2.24) is 10.2 Å². The third-order valence-corrected chi connectivity index (χ3v) is 4.64. The summed E-state index contributed by atoms with van der Waals surface area (Å²) < 4.78 is 5.49. The molecule has 1 aromatic carbocycles. The molecule has 0 saturated heterocycles. The maximum absolute atomic E-state index is 11.4. The summed E-state index contributed by atoms with van der Waals surface area (Å²) in [5.74, 6) is -0.457. The van der Waals surface area contributed by atoms with Crippen LogP contribution in [0.2, 0.25) is 10.0 Å². The van der Waals surface area contributed by atoms with Crippen LogP contribution < -0.4 is 0 Å². The molecule has 1 heterocycles. The topological polar surface area (TPSA) is 52.1 Å². The summed E-state index contributed by atoms with van der Waals surface area (Å²) in [7, 11) is 0. The Morgan fingerprint density at radius 1 is 1.37 bits per heavy atom. The van der Waals surface area contributed by atoms with Gasteiger partial charge in [0.15, 0.2) is 4.34 Å². The molecule has 0 aliphatic heterocycles. The number of hydrogen-bond acceptors (Lipinski definition) is 6. The second-order valence-electron chi connectivity index (χ2n) is 3.27. The lowest BCUT2D eigenvalue weighted by Gasteiger charge is -1.99. The second-order valence-corrected chi connectivity index (χ2v) is 6.38. The molecule has 0 unspecified atom stereocenters. The fourth-order valence-electron chi connectivity index (χ4n) is 1.17. The predicted molar refractivity (Wildman–Crippen MR) is 76.5 cm³/mol. The van der Waals surface area contributed by atoms with Gasteiger partial charge in [-0.25, -0.2) is 4.79 Å². The summed E-state index contributed by atoms with van der Waals surface area (Å²) >= 11 is 14.3. The number of ether oxygens (including phenoxy) is 1. The van der Waals surface area contributed by atoms with Gasteiger partial charge in [0.05, 0.1) is 16.7 Å². The monoisotopic (exact) mass is 334 g/mol. The summed E-state index contributed by atoms with van der Waals surface area (Å²) in [5, 5.41) is 8.92. The Morgan fingerprint density at radius 2 is 2.16 bits per heavy atom. The molecule has 0 bridgehead atoms. The van der Waals surface area contributed by atoms with E-state index in [-0.39, 0.29) is 5.01 Å². The Labute approximate surface area is 128 Å². The average molecular weight is 335 g/mol. The minimum absolute atomic E-state index is 0.240. The van der Waals surface area contributed by atoms with Crippen LogP contribution >= 0.6 is 46.3 Å². The number of carbonyl (C=O) groups excluding carboxylic acids is 1. The zero-order valence-electron chi connectivity index (χ0n) is 9.72. The van der Waals surface area contributed by atoms with Crippen molar-refractivity contribution in [3.63, 3.8) is 0 Å². The SMILES string of the molecule is CCOC(=O)c1nnc(Sc2ccc(Cl)c(Cl)c2)s1. The standard InChI is InChI=1S/C11H8Cl2N2O2S2/c1-2-17-10(16)9-14-15-11(19-9)18-6-3-4-7(12)8(13)5-6/h3-5H,2H2,1H3. The van der Waals surface area contributed by atoms with E-state index in [4.69, 9.17) is 27.9 Å². The summed E-state index contributed by atoms with van der Waals surface area (Å²) in [6.45, 7) is 2.05. The third-order valence-electron chi connectivity index (χ3n) is 1.95. The lowest BCUT2D eigenvalue weighted by Crippen LogP contribution is -2.03. The Morgan fingerprint density at radius 3 is 2.84 bits per heavy atom. The summed E-state index contributed by atoms with van der Waals surface area (Å²) in [5.41, 5.74) is 0. The highest BCUT2D eigenvalue weighted by molar-refractivity contribution is 8.01. The van der Waals surface area contributed by atoms with E-state index in [1.165, 1.54) is 23.1 Å². The number of rotatable bonds is 4. The van der Waals surface area contributed by atoms with Gasteiger partial charge in [0.1, 0.15) is 0 Å². The molecule has 19 heavy (non-hydrogen) atoms. The van der Waals surface area contributed by atoms with E-state index in [0.29, 0.717) is 21.0 Å². The Balaban J connectivity index is 2.11. The summed E-state index contributed by atoms with van der Waals surface area (Å²) in [6.07, 6.45) is 0. The van der Waals surface area contributed by atoms with Gasteiger partial charge in [-0.05, 0) is 25.1 Å². The van der Waals surface area contributed by atoms with Crippen molar-refractivity contribution in [3.8, 4) is 0 Å². The maximum Gasteiger partial charge on any atom is 0.369 e. The molecular formula is C11H8Cl2N2O2S2. The maximum atomic E-state index is 11.4. The lowest BCUT2D eigenvalue weighted by atomic mass is 10.4. The van der Waals surface area contributed by atoms with E-state index in [1.54, 1.807) is 19.1 Å². The van der Waals surface area contributed by atoms with Crippen molar-refractivity contribution in [2.45, 2.75) is 16.2 Å². The Kier molecular flexibility index (Phi) is 5.04. The van der Waals surface area contributed by atoms with Crippen molar-refractivity contribution in [3.05, 3.63) is 33.3 Å². The van der Waals surface area contributed by atoms with Gasteiger partial charge in [-0.2, -0.15) is 0 Å². The molecule has 0 spiro atoms. The molecule has 1 aromatic heterocycles. The summed E-state index contributed by atoms with van der Waals surface area (Å²) in [6, 6.07) is 5.27. The van der Waals surface area contributed by atoms with Crippen LogP contribution in [0.1, 0.15) is 16.7 Å². The van der Waals surface area contributed by atoms with Gasteiger partial charge in [0, 0.05) is 4.90 Å². The number of esters is 1. The summed E-state index contributed by atoms with van der Waals surface area (Å²) in [4.78, 5) is 12.3. The molecule has 2 rings (SSSR count). The zero-order chi connectivity index (χ0) is 13.8. The van der Waals surface area contributed by atoms with Crippen molar-refractivity contribution >= 4 is 52.3 Å². The molecule has 8 heteroatoms. The molecule has 0 aliphatic rings. The first kappa shape index (κ1) is 14.6. The number of benzene rings is 1.